The van der Waals surface area contributed by atoms with E-state index in [0.717, 1.165) is 6.42 Å². The van der Waals surface area contributed by atoms with Crippen molar-refractivity contribution in [2.75, 3.05) is 13.1 Å². The normalized spacial score (nSPS) is 12.3. The smallest absolute Gasteiger partial charge is 0.323 e. The Morgan fingerprint density at radius 3 is 2.25 bits per heavy atom. The lowest BCUT2D eigenvalue weighted by atomic mass is 10.2. The van der Waals surface area contributed by atoms with Gasteiger partial charge in [-0.2, -0.15) is 0 Å². The number of urea groups is 1. The maximum absolute atomic E-state index is 11.7. The second kappa shape index (κ2) is 7.09. The first kappa shape index (κ1) is 14.7. The number of carbonyl (C=O) groups is 2. The maximum Gasteiger partial charge on any atom is 0.323 e. The van der Waals surface area contributed by atoms with Gasteiger partial charge in [-0.3, -0.25) is 4.79 Å². The Morgan fingerprint density at radius 2 is 1.88 bits per heavy atom. The van der Waals surface area contributed by atoms with Crippen molar-refractivity contribution < 1.29 is 14.7 Å². The van der Waals surface area contributed by atoms with Gasteiger partial charge < -0.3 is 15.3 Å². The Morgan fingerprint density at radius 1 is 1.31 bits per heavy atom. The van der Waals surface area contributed by atoms with E-state index in [1.807, 2.05) is 27.7 Å². The fraction of sp³-hybridized carbons (Fsp3) is 0.818. The van der Waals surface area contributed by atoms with E-state index in [2.05, 4.69) is 5.32 Å². The first-order chi connectivity index (χ1) is 7.36. The number of aliphatic carboxylic acids is 1. The van der Waals surface area contributed by atoms with Gasteiger partial charge >= 0.3 is 12.0 Å². The van der Waals surface area contributed by atoms with Crippen molar-refractivity contribution in [2.45, 2.75) is 40.2 Å². The number of carboxylic acid groups (broad SMARTS) is 1. The van der Waals surface area contributed by atoms with Crippen LogP contribution in [0.2, 0.25) is 0 Å². The van der Waals surface area contributed by atoms with Crippen molar-refractivity contribution in [1.29, 1.82) is 0 Å². The second-order valence-corrected chi connectivity index (χ2v) is 4.43. The summed E-state index contributed by atoms with van der Waals surface area (Å²) >= 11 is 0. The van der Waals surface area contributed by atoms with Crippen molar-refractivity contribution in [2.24, 2.45) is 5.92 Å². The largest absolute Gasteiger partial charge is 0.480 e. The van der Waals surface area contributed by atoms with Crippen LogP contribution in [-0.2, 0) is 4.79 Å². The highest BCUT2D eigenvalue weighted by atomic mass is 16.4. The van der Waals surface area contributed by atoms with Crippen LogP contribution in [0.15, 0.2) is 0 Å². The van der Waals surface area contributed by atoms with E-state index in [9.17, 15) is 9.59 Å². The van der Waals surface area contributed by atoms with E-state index in [1.165, 1.54) is 4.90 Å². The monoisotopic (exact) mass is 230 g/mol. The van der Waals surface area contributed by atoms with Crippen molar-refractivity contribution in [3.8, 4) is 0 Å². The third-order valence-electron chi connectivity index (χ3n) is 2.18. The number of amides is 2. The molecule has 0 bridgehead atoms. The highest BCUT2D eigenvalue weighted by Gasteiger charge is 2.18. The number of rotatable bonds is 6. The zero-order valence-electron chi connectivity index (χ0n) is 10.5. The number of carbonyl (C=O) groups excluding carboxylic acids is 1. The summed E-state index contributed by atoms with van der Waals surface area (Å²) in [6, 6.07) is -0.235. The van der Waals surface area contributed by atoms with Crippen LogP contribution in [0.5, 0.6) is 0 Å². The van der Waals surface area contributed by atoms with Gasteiger partial charge in [-0.25, -0.2) is 4.79 Å². The Hall–Kier alpha value is -1.26. The van der Waals surface area contributed by atoms with E-state index in [4.69, 9.17) is 5.11 Å². The maximum atomic E-state index is 11.7. The van der Waals surface area contributed by atoms with Crippen LogP contribution in [0.25, 0.3) is 0 Å². The molecule has 0 saturated heterocycles. The summed E-state index contributed by atoms with van der Waals surface area (Å²) in [5, 5.41) is 11.5. The average molecular weight is 230 g/mol. The van der Waals surface area contributed by atoms with Crippen LogP contribution in [0, 0.1) is 5.92 Å². The Labute approximate surface area is 96.8 Å². The highest BCUT2D eigenvalue weighted by Crippen LogP contribution is 2.00. The summed E-state index contributed by atoms with van der Waals surface area (Å²) < 4.78 is 0. The molecule has 1 atom stereocenters. The number of hydrogen-bond acceptors (Lipinski definition) is 2. The Bertz CT molecular complexity index is 241. The van der Waals surface area contributed by atoms with E-state index < -0.39 is 5.97 Å². The SMILES string of the molecule is CCC(C)NC(=O)N(CC(=O)O)CC(C)C. The lowest BCUT2D eigenvalue weighted by Gasteiger charge is -2.24. The van der Waals surface area contributed by atoms with Crippen molar-refractivity contribution in [3.63, 3.8) is 0 Å². The number of nitrogens with zero attached hydrogens (tertiary/aromatic N) is 1. The molecule has 0 spiro atoms. The predicted octanol–water partition coefficient (Wildman–Crippen LogP) is 1.54. The van der Waals surface area contributed by atoms with Crippen LogP contribution in [0.1, 0.15) is 34.1 Å². The van der Waals surface area contributed by atoms with Crippen LogP contribution in [-0.4, -0.2) is 41.1 Å². The van der Waals surface area contributed by atoms with Gasteiger partial charge in [0.25, 0.3) is 0 Å². The van der Waals surface area contributed by atoms with Gasteiger partial charge in [-0.15, -0.1) is 0 Å². The molecule has 0 aliphatic heterocycles. The van der Waals surface area contributed by atoms with Crippen LogP contribution in [0.4, 0.5) is 4.79 Å². The van der Waals surface area contributed by atoms with Gasteiger partial charge in [0.1, 0.15) is 6.54 Å². The van der Waals surface area contributed by atoms with Crippen molar-refractivity contribution >= 4 is 12.0 Å². The van der Waals surface area contributed by atoms with Gasteiger partial charge in [0.2, 0.25) is 0 Å². The average Bonchev–Trinajstić information content (AvgIpc) is 2.15. The first-order valence-corrected chi connectivity index (χ1v) is 5.64. The molecule has 0 radical (unpaired) electrons. The fourth-order valence-corrected chi connectivity index (χ4v) is 1.23. The third-order valence-corrected chi connectivity index (χ3v) is 2.18. The standard InChI is InChI=1S/C11H22N2O3/c1-5-9(4)12-11(16)13(6-8(2)3)7-10(14)15/h8-9H,5-7H2,1-4H3,(H,12,16)(H,14,15). The number of carboxylic acids is 1. The number of hydrogen-bond donors (Lipinski definition) is 2. The Kier molecular flexibility index (Phi) is 6.53. The predicted molar refractivity (Wildman–Crippen MR) is 62.3 cm³/mol. The summed E-state index contributed by atoms with van der Waals surface area (Å²) in [4.78, 5) is 23.7. The first-order valence-electron chi connectivity index (χ1n) is 5.64. The molecule has 0 aliphatic carbocycles. The molecule has 0 aliphatic rings. The van der Waals surface area contributed by atoms with Crippen molar-refractivity contribution in [3.05, 3.63) is 0 Å². The molecule has 0 saturated carbocycles. The molecule has 2 N–H and O–H groups in total. The summed E-state index contributed by atoms with van der Waals surface area (Å²) in [5.74, 6) is -0.734. The van der Waals surface area contributed by atoms with E-state index in [-0.39, 0.29) is 24.5 Å². The minimum absolute atomic E-state index is 0.0657. The molecule has 0 aromatic rings. The molecule has 0 fully saturated rings. The van der Waals surface area contributed by atoms with Crippen LogP contribution < -0.4 is 5.32 Å². The molecule has 1 unspecified atom stereocenters. The van der Waals surface area contributed by atoms with E-state index in [0.29, 0.717) is 6.54 Å². The third kappa shape index (κ3) is 6.27. The summed E-state index contributed by atoms with van der Waals surface area (Å²) in [5.41, 5.74) is 0. The Balaban J connectivity index is 4.37. The number of nitrogens with one attached hydrogen (secondary N) is 1. The van der Waals surface area contributed by atoms with Crippen molar-refractivity contribution in [1.82, 2.24) is 10.2 Å². The zero-order valence-corrected chi connectivity index (χ0v) is 10.5. The molecular formula is C11H22N2O3. The molecule has 0 aromatic carbocycles. The molecular weight excluding hydrogens is 208 g/mol. The topological polar surface area (TPSA) is 69.6 Å². The molecule has 0 rings (SSSR count). The minimum atomic E-state index is -0.986. The van der Waals surface area contributed by atoms with Gasteiger partial charge in [0, 0.05) is 12.6 Å². The van der Waals surface area contributed by atoms with Crippen LogP contribution in [0.3, 0.4) is 0 Å². The quantitative estimate of drug-likeness (QED) is 0.727. The lowest BCUT2D eigenvalue weighted by Crippen LogP contribution is -2.47. The molecule has 5 nitrogen and oxygen atoms in total. The van der Waals surface area contributed by atoms with Gasteiger partial charge in [-0.1, -0.05) is 20.8 Å². The lowest BCUT2D eigenvalue weighted by molar-refractivity contribution is -0.137. The molecule has 5 heteroatoms. The minimum Gasteiger partial charge on any atom is -0.480 e. The summed E-state index contributed by atoms with van der Waals surface area (Å²) in [7, 11) is 0. The zero-order chi connectivity index (χ0) is 12.7. The molecule has 0 aromatic heterocycles. The summed E-state index contributed by atoms with van der Waals surface area (Å²) in [6.07, 6.45) is 0.828. The second-order valence-electron chi connectivity index (χ2n) is 4.43. The van der Waals surface area contributed by atoms with Gasteiger partial charge in [-0.05, 0) is 19.3 Å². The molecule has 0 heterocycles. The molecule has 16 heavy (non-hydrogen) atoms. The summed E-state index contributed by atoms with van der Waals surface area (Å²) in [6.45, 7) is 7.97. The van der Waals surface area contributed by atoms with Gasteiger partial charge in [0.05, 0.1) is 0 Å². The van der Waals surface area contributed by atoms with Gasteiger partial charge in [0.15, 0.2) is 0 Å². The molecule has 94 valence electrons. The fourth-order valence-electron chi connectivity index (χ4n) is 1.23. The van der Waals surface area contributed by atoms with E-state index >= 15 is 0 Å². The highest BCUT2D eigenvalue weighted by molar-refractivity contribution is 5.80. The molecule has 2 amide bonds. The van der Waals surface area contributed by atoms with E-state index in [1.54, 1.807) is 0 Å². The van der Waals surface area contributed by atoms with Crippen LogP contribution >= 0.6 is 0 Å².